The number of β-amino-alcohol motifs (C(OH)–C–C–N with tert-alkyl or cyclic N) is 1. The van der Waals surface area contributed by atoms with Gasteiger partial charge in [-0.05, 0) is 66.7 Å². The smallest absolute Gasteiger partial charge is 0.119 e. The molecule has 30 heavy (non-hydrogen) atoms. The topological polar surface area (TPSA) is 45.2 Å². The first-order valence-corrected chi connectivity index (χ1v) is 11.7. The quantitative estimate of drug-likeness (QED) is 0.698. The fourth-order valence-electron chi connectivity index (χ4n) is 6.10. The molecule has 1 aromatic carbocycles. The maximum Gasteiger partial charge on any atom is 0.119 e. The third-order valence-electron chi connectivity index (χ3n) is 8.76. The fourth-order valence-corrected chi connectivity index (χ4v) is 6.10. The molecule has 3 fully saturated rings. The number of aliphatic hydroxyl groups is 1. The van der Waals surface area contributed by atoms with E-state index < -0.39 is 0 Å². The van der Waals surface area contributed by atoms with E-state index in [1.807, 2.05) is 12.1 Å². The number of anilines is 1. The van der Waals surface area contributed by atoms with Crippen LogP contribution in [0.2, 0.25) is 0 Å². The molecule has 5 nitrogen and oxygen atoms in total. The molecule has 4 rings (SSSR count). The van der Waals surface area contributed by atoms with Crippen molar-refractivity contribution in [2.75, 3.05) is 51.3 Å². The number of nitrogens with zero attached hydrogens (tertiary/aromatic N) is 2. The average molecular weight is 417 g/mol. The van der Waals surface area contributed by atoms with Crippen LogP contribution >= 0.6 is 0 Å². The van der Waals surface area contributed by atoms with Gasteiger partial charge < -0.3 is 19.5 Å². The van der Waals surface area contributed by atoms with Crippen LogP contribution in [0.3, 0.4) is 0 Å². The van der Waals surface area contributed by atoms with Crippen molar-refractivity contribution in [2.45, 2.75) is 58.7 Å². The van der Waals surface area contributed by atoms with Gasteiger partial charge >= 0.3 is 0 Å². The summed E-state index contributed by atoms with van der Waals surface area (Å²) in [5.41, 5.74) is 1.94. The largest absolute Gasteiger partial charge is 0.497 e. The van der Waals surface area contributed by atoms with Gasteiger partial charge in [-0.25, -0.2) is 0 Å². The summed E-state index contributed by atoms with van der Waals surface area (Å²) in [7, 11) is 1.70. The van der Waals surface area contributed by atoms with Gasteiger partial charge in [0, 0.05) is 45.0 Å². The van der Waals surface area contributed by atoms with E-state index in [0.29, 0.717) is 23.5 Å². The number of rotatable bonds is 8. The van der Waals surface area contributed by atoms with Crippen molar-refractivity contribution in [3.05, 3.63) is 24.3 Å². The van der Waals surface area contributed by atoms with E-state index in [1.165, 1.54) is 24.9 Å². The van der Waals surface area contributed by atoms with Crippen molar-refractivity contribution in [3.8, 4) is 5.75 Å². The number of benzene rings is 1. The molecule has 1 N–H and O–H groups in total. The van der Waals surface area contributed by atoms with Crippen molar-refractivity contribution in [3.63, 3.8) is 0 Å². The third-order valence-corrected chi connectivity index (χ3v) is 8.76. The molecule has 0 amide bonds. The Hall–Kier alpha value is -1.30. The Morgan fingerprint density at radius 1 is 1.10 bits per heavy atom. The molecule has 1 aromatic rings. The van der Waals surface area contributed by atoms with Gasteiger partial charge in [0.1, 0.15) is 5.75 Å². The number of hydrogen-bond donors (Lipinski definition) is 1. The molecule has 168 valence electrons. The third kappa shape index (κ3) is 4.09. The number of ether oxygens (including phenoxy) is 2. The highest BCUT2D eigenvalue weighted by Crippen LogP contribution is 2.66. The molecule has 2 aliphatic carbocycles. The SMILES string of the molecule is COc1ccc(N2CCN(CC(O)CCOC3CC4CCC3(C)C4(C)C)CC2)cc1. The zero-order valence-electron chi connectivity index (χ0n) is 19.3. The van der Waals surface area contributed by atoms with Crippen LogP contribution < -0.4 is 9.64 Å². The number of piperazine rings is 1. The lowest BCUT2D eigenvalue weighted by Gasteiger charge is -2.39. The Morgan fingerprint density at radius 3 is 2.37 bits per heavy atom. The van der Waals surface area contributed by atoms with Gasteiger partial charge in [0.15, 0.2) is 0 Å². The van der Waals surface area contributed by atoms with Gasteiger partial charge in [-0.3, -0.25) is 4.90 Å². The van der Waals surface area contributed by atoms with Crippen molar-refractivity contribution in [1.29, 1.82) is 0 Å². The van der Waals surface area contributed by atoms with E-state index in [-0.39, 0.29) is 6.10 Å². The highest BCUT2D eigenvalue weighted by molar-refractivity contribution is 5.49. The summed E-state index contributed by atoms with van der Waals surface area (Å²) in [6.45, 7) is 12.7. The molecule has 1 aliphatic heterocycles. The highest BCUT2D eigenvalue weighted by atomic mass is 16.5. The van der Waals surface area contributed by atoms with Crippen LogP contribution in [0.1, 0.15) is 46.5 Å². The van der Waals surface area contributed by atoms with Crippen LogP contribution in [0, 0.1) is 16.7 Å². The lowest BCUT2D eigenvalue weighted by Crippen LogP contribution is -2.48. The Balaban J connectivity index is 1.16. The molecule has 5 heteroatoms. The maximum atomic E-state index is 10.6. The van der Waals surface area contributed by atoms with Crippen LogP contribution in [0.5, 0.6) is 5.75 Å². The summed E-state index contributed by atoms with van der Waals surface area (Å²) < 4.78 is 11.6. The van der Waals surface area contributed by atoms with Gasteiger partial charge in [0.2, 0.25) is 0 Å². The lowest BCUT2D eigenvalue weighted by molar-refractivity contribution is -0.0564. The second-order valence-electron chi connectivity index (χ2n) is 10.4. The molecule has 0 aromatic heterocycles. The normalized spacial score (nSPS) is 31.8. The zero-order chi connectivity index (χ0) is 21.4. The molecule has 2 saturated carbocycles. The summed E-state index contributed by atoms with van der Waals surface area (Å²) in [6, 6.07) is 8.28. The summed E-state index contributed by atoms with van der Waals surface area (Å²) in [5.74, 6) is 1.70. The highest BCUT2D eigenvalue weighted by Gasteiger charge is 2.61. The number of aliphatic hydroxyl groups excluding tert-OH is 1. The Kier molecular flexibility index (Phi) is 6.34. The molecule has 1 saturated heterocycles. The van der Waals surface area contributed by atoms with Crippen LogP contribution in [0.4, 0.5) is 5.69 Å². The van der Waals surface area contributed by atoms with E-state index in [4.69, 9.17) is 9.47 Å². The first-order valence-electron chi connectivity index (χ1n) is 11.7. The predicted molar refractivity (Wildman–Crippen MR) is 121 cm³/mol. The van der Waals surface area contributed by atoms with E-state index in [2.05, 4.69) is 42.7 Å². The molecule has 2 bridgehead atoms. The van der Waals surface area contributed by atoms with Gasteiger partial charge in [0.05, 0.1) is 19.3 Å². The standard InChI is InChI=1S/C25H40N2O3/c1-24(2)19-9-11-25(24,3)23(17-19)30-16-10-21(28)18-26-12-14-27(15-13-26)20-5-7-22(29-4)8-6-20/h5-8,19,21,23,28H,9-18H2,1-4H3. The number of fused-ring (bicyclic) bond motifs is 2. The Bertz CT molecular complexity index is 699. The molecule has 3 aliphatic rings. The van der Waals surface area contributed by atoms with E-state index in [0.717, 1.165) is 50.8 Å². The summed E-state index contributed by atoms with van der Waals surface area (Å²) in [4.78, 5) is 4.79. The van der Waals surface area contributed by atoms with E-state index >= 15 is 0 Å². The average Bonchev–Trinajstić information content (AvgIpc) is 3.08. The fraction of sp³-hybridized carbons (Fsp3) is 0.760. The molecule has 0 radical (unpaired) electrons. The Labute approximate surface area is 182 Å². The number of methoxy groups -OCH3 is 1. The van der Waals surface area contributed by atoms with Crippen LogP contribution in [0.15, 0.2) is 24.3 Å². The minimum absolute atomic E-state index is 0.306. The summed E-state index contributed by atoms with van der Waals surface area (Å²) in [5, 5.41) is 10.6. The Morgan fingerprint density at radius 2 is 1.80 bits per heavy atom. The monoisotopic (exact) mass is 416 g/mol. The van der Waals surface area contributed by atoms with Crippen LogP contribution in [-0.4, -0.2) is 68.7 Å². The van der Waals surface area contributed by atoms with E-state index in [9.17, 15) is 5.11 Å². The first kappa shape index (κ1) is 21.9. The molecule has 1 heterocycles. The minimum atomic E-state index is -0.308. The van der Waals surface area contributed by atoms with Crippen molar-refractivity contribution >= 4 is 5.69 Å². The molecule has 4 atom stereocenters. The molecule has 4 unspecified atom stereocenters. The van der Waals surface area contributed by atoms with Crippen molar-refractivity contribution < 1.29 is 14.6 Å². The first-order chi connectivity index (χ1) is 14.3. The van der Waals surface area contributed by atoms with Gasteiger partial charge in [-0.15, -0.1) is 0 Å². The molecular formula is C25H40N2O3. The van der Waals surface area contributed by atoms with Gasteiger partial charge in [-0.1, -0.05) is 20.8 Å². The predicted octanol–water partition coefficient (Wildman–Crippen LogP) is 3.80. The zero-order valence-corrected chi connectivity index (χ0v) is 19.3. The lowest BCUT2D eigenvalue weighted by atomic mass is 9.70. The van der Waals surface area contributed by atoms with Crippen LogP contribution in [-0.2, 0) is 4.74 Å². The molecule has 0 spiro atoms. The second kappa shape index (κ2) is 8.68. The van der Waals surface area contributed by atoms with Crippen molar-refractivity contribution in [2.24, 2.45) is 16.7 Å². The van der Waals surface area contributed by atoms with Crippen molar-refractivity contribution in [1.82, 2.24) is 4.90 Å². The van der Waals surface area contributed by atoms with Gasteiger partial charge in [-0.2, -0.15) is 0 Å². The van der Waals surface area contributed by atoms with E-state index in [1.54, 1.807) is 7.11 Å². The second-order valence-corrected chi connectivity index (χ2v) is 10.4. The van der Waals surface area contributed by atoms with Gasteiger partial charge in [0.25, 0.3) is 0 Å². The maximum absolute atomic E-state index is 10.6. The number of hydrogen-bond acceptors (Lipinski definition) is 5. The summed E-state index contributed by atoms with van der Waals surface area (Å²) in [6.07, 6.45) is 4.64. The summed E-state index contributed by atoms with van der Waals surface area (Å²) >= 11 is 0. The minimum Gasteiger partial charge on any atom is -0.497 e. The molecular weight excluding hydrogens is 376 g/mol. The van der Waals surface area contributed by atoms with Crippen LogP contribution in [0.25, 0.3) is 0 Å².